The van der Waals surface area contributed by atoms with Crippen molar-refractivity contribution in [3.05, 3.63) is 46.8 Å². The van der Waals surface area contributed by atoms with Gasteiger partial charge in [-0.05, 0) is 24.6 Å². The van der Waals surface area contributed by atoms with Crippen LogP contribution in [0.1, 0.15) is 22.6 Å². The van der Waals surface area contributed by atoms with Crippen LogP contribution >= 0.6 is 0 Å². The Morgan fingerprint density at radius 3 is 2.86 bits per heavy atom. The third-order valence-electron chi connectivity index (χ3n) is 2.95. The van der Waals surface area contributed by atoms with Crippen LogP contribution in [0.3, 0.4) is 0 Å². The maximum absolute atomic E-state index is 8.73. The van der Waals surface area contributed by atoms with Gasteiger partial charge in [-0.15, -0.1) is 0 Å². The lowest BCUT2D eigenvalue weighted by atomic mass is 10.1. The molecule has 0 amide bonds. The number of hydrogen-bond donors (Lipinski definition) is 3. The number of oxime groups is 1. The maximum atomic E-state index is 8.73. The molecule has 21 heavy (non-hydrogen) atoms. The van der Waals surface area contributed by atoms with Crippen LogP contribution in [0, 0.1) is 6.92 Å². The first-order valence-corrected chi connectivity index (χ1v) is 6.41. The maximum Gasteiger partial charge on any atom is 0.173 e. The van der Waals surface area contributed by atoms with E-state index in [1.807, 2.05) is 25.1 Å². The van der Waals surface area contributed by atoms with Gasteiger partial charge in [-0.2, -0.15) is 0 Å². The Bertz CT molecular complexity index is 637. The summed E-state index contributed by atoms with van der Waals surface area (Å²) in [5.41, 5.74) is 8.00. The highest BCUT2D eigenvalue weighted by atomic mass is 16.5. The van der Waals surface area contributed by atoms with E-state index in [4.69, 9.17) is 20.2 Å². The van der Waals surface area contributed by atoms with Crippen molar-refractivity contribution in [3.8, 4) is 5.75 Å². The Hall–Kier alpha value is -2.54. The van der Waals surface area contributed by atoms with Gasteiger partial charge >= 0.3 is 0 Å². The Kier molecular flexibility index (Phi) is 4.78. The SMILES string of the molecule is COc1cc(CNCc2cc(C)no2)ccc1/C(N)=N/O. The molecule has 0 aliphatic rings. The standard InChI is InChI=1S/C14H18N4O3/c1-9-5-11(21-18-9)8-16-7-10-3-4-12(14(15)17-19)13(6-10)20-2/h3-6,16,19H,7-8H2,1-2H3,(H2,15,17). The molecule has 1 aromatic carbocycles. The van der Waals surface area contributed by atoms with Crippen molar-refractivity contribution in [2.75, 3.05) is 7.11 Å². The van der Waals surface area contributed by atoms with Gasteiger partial charge in [-0.1, -0.05) is 16.4 Å². The fraction of sp³-hybridized carbons (Fsp3) is 0.286. The number of nitrogens with two attached hydrogens (primary N) is 1. The van der Waals surface area contributed by atoms with Crippen LogP contribution in [0.5, 0.6) is 5.75 Å². The molecule has 1 heterocycles. The molecular formula is C14H18N4O3. The van der Waals surface area contributed by atoms with Crippen LogP contribution in [0.15, 0.2) is 33.9 Å². The second kappa shape index (κ2) is 6.76. The summed E-state index contributed by atoms with van der Waals surface area (Å²) < 4.78 is 10.4. The normalized spacial score (nSPS) is 11.6. The first-order valence-electron chi connectivity index (χ1n) is 6.41. The number of nitrogens with zero attached hydrogens (tertiary/aromatic N) is 2. The molecule has 1 aromatic heterocycles. The number of nitrogens with one attached hydrogen (secondary N) is 1. The molecule has 0 radical (unpaired) electrons. The lowest BCUT2D eigenvalue weighted by Gasteiger charge is -2.10. The summed E-state index contributed by atoms with van der Waals surface area (Å²) in [6, 6.07) is 7.36. The third-order valence-corrected chi connectivity index (χ3v) is 2.95. The van der Waals surface area contributed by atoms with E-state index in [2.05, 4.69) is 15.6 Å². The van der Waals surface area contributed by atoms with Crippen molar-refractivity contribution in [3.63, 3.8) is 0 Å². The topological polar surface area (TPSA) is 106 Å². The zero-order chi connectivity index (χ0) is 15.2. The Morgan fingerprint density at radius 2 is 2.24 bits per heavy atom. The van der Waals surface area contributed by atoms with E-state index in [-0.39, 0.29) is 5.84 Å². The van der Waals surface area contributed by atoms with E-state index in [1.165, 1.54) is 7.11 Å². The van der Waals surface area contributed by atoms with Gasteiger partial charge in [0.15, 0.2) is 11.6 Å². The van der Waals surface area contributed by atoms with Crippen LogP contribution in [0.4, 0.5) is 0 Å². The molecule has 0 bridgehead atoms. The van der Waals surface area contributed by atoms with Gasteiger partial charge in [0.1, 0.15) is 5.75 Å². The number of ether oxygens (including phenoxy) is 1. The number of benzene rings is 1. The summed E-state index contributed by atoms with van der Waals surface area (Å²) >= 11 is 0. The van der Waals surface area contributed by atoms with E-state index < -0.39 is 0 Å². The van der Waals surface area contributed by atoms with E-state index in [9.17, 15) is 0 Å². The van der Waals surface area contributed by atoms with Gasteiger partial charge in [0.2, 0.25) is 0 Å². The molecule has 2 rings (SSSR count). The minimum atomic E-state index is 0.0171. The number of hydrogen-bond acceptors (Lipinski definition) is 6. The monoisotopic (exact) mass is 290 g/mol. The average molecular weight is 290 g/mol. The minimum absolute atomic E-state index is 0.0171. The van der Waals surface area contributed by atoms with E-state index in [1.54, 1.807) is 6.07 Å². The zero-order valence-electron chi connectivity index (χ0n) is 12.0. The zero-order valence-corrected chi connectivity index (χ0v) is 12.0. The van der Waals surface area contributed by atoms with Gasteiger partial charge in [-0.3, -0.25) is 0 Å². The molecule has 4 N–H and O–H groups in total. The first kappa shape index (κ1) is 14.9. The fourth-order valence-electron chi connectivity index (χ4n) is 1.94. The van der Waals surface area contributed by atoms with Crippen molar-refractivity contribution in [1.82, 2.24) is 10.5 Å². The first-order chi connectivity index (χ1) is 10.1. The lowest BCUT2D eigenvalue weighted by Crippen LogP contribution is -2.16. The molecule has 0 aliphatic heterocycles. The second-order valence-electron chi connectivity index (χ2n) is 4.56. The molecule has 0 aliphatic carbocycles. The van der Waals surface area contributed by atoms with Crippen molar-refractivity contribution in [2.45, 2.75) is 20.0 Å². The highest BCUT2D eigenvalue weighted by molar-refractivity contribution is 5.99. The van der Waals surface area contributed by atoms with Crippen molar-refractivity contribution < 1.29 is 14.5 Å². The van der Waals surface area contributed by atoms with Crippen LogP contribution in [-0.4, -0.2) is 23.3 Å². The van der Waals surface area contributed by atoms with Gasteiger partial charge < -0.3 is 25.5 Å². The van der Waals surface area contributed by atoms with Crippen LogP contribution < -0.4 is 15.8 Å². The summed E-state index contributed by atoms with van der Waals surface area (Å²) in [6.45, 7) is 3.10. The van der Waals surface area contributed by atoms with Crippen LogP contribution in [0.25, 0.3) is 0 Å². The largest absolute Gasteiger partial charge is 0.496 e. The van der Waals surface area contributed by atoms with Gasteiger partial charge in [0, 0.05) is 12.6 Å². The Morgan fingerprint density at radius 1 is 1.43 bits per heavy atom. The molecule has 0 fully saturated rings. The van der Waals surface area contributed by atoms with E-state index in [0.29, 0.717) is 24.4 Å². The predicted molar refractivity (Wildman–Crippen MR) is 77.3 cm³/mol. The third kappa shape index (κ3) is 3.73. The average Bonchev–Trinajstić information content (AvgIpc) is 2.91. The summed E-state index contributed by atoms with van der Waals surface area (Å²) in [6.07, 6.45) is 0. The number of amidine groups is 1. The smallest absolute Gasteiger partial charge is 0.173 e. The van der Waals surface area contributed by atoms with E-state index >= 15 is 0 Å². The van der Waals surface area contributed by atoms with Gasteiger partial charge in [0.25, 0.3) is 0 Å². The summed E-state index contributed by atoms with van der Waals surface area (Å²) in [7, 11) is 1.54. The molecule has 0 unspecified atom stereocenters. The highest BCUT2D eigenvalue weighted by Crippen LogP contribution is 2.20. The van der Waals surface area contributed by atoms with Crippen molar-refractivity contribution in [1.29, 1.82) is 0 Å². The Labute approximate surface area is 122 Å². The molecule has 0 saturated heterocycles. The fourth-order valence-corrected chi connectivity index (χ4v) is 1.94. The van der Waals surface area contributed by atoms with Crippen LogP contribution in [-0.2, 0) is 13.1 Å². The Balaban J connectivity index is 2.00. The lowest BCUT2D eigenvalue weighted by molar-refractivity contribution is 0.318. The molecule has 0 spiro atoms. The van der Waals surface area contributed by atoms with Crippen molar-refractivity contribution in [2.24, 2.45) is 10.9 Å². The van der Waals surface area contributed by atoms with Gasteiger partial charge in [-0.25, -0.2) is 0 Å². The number of aryl methyl sites for hydroxylation is 1. The second-order valence-corrected chi connectivity index (χ2v) is 4.56. The molecule has 7 nitrogen and oxygen atoms in total. The molecule has 2 aromatic rings. The molecule has 0 atom stereocenters. The summed E-state index contributed by atoms with van der Waals surface area (Å²) in [4.78, 5) is 0. The minimum Gasteiger partial charge on any atom is -0.496 e. The molecule has 0 saturated carbocycles. The number of methoxy groups -OCH3 is 1. The number of rotatable bonds is 6. The van der Waals surface area contributed by atoms with Crippen molar-refractivity contribution >= 4 is 5.84 Å². The number of aromatic nitrogens is 1. The quantitative estimate of drug-likeness (QED) is 0.321. The predicted octanol–water partition coefficient (Wildman–Crippen LogP) is 1.38. The molecular weight excluding hydrogens is 272 g/mol. The van der Waals surface area contributed by atoms with Crippen LogP contribution in [0.2, 0.25) is 0 Å². The molecule has 112 valence electrons. The summed E-state index contributed by atoms with van der Waals surface area (Å²) in [5.74, 6) is 1.36. The molecule has 7 heteroatoms. The van der Waals surface area contributed by atoms with E-state index in [0.717, 1.165) is 17.0 Å². The van der Waals surface area contributed by atoms with Gasteiger partial charge in [0.05, 0.1) is 24.9 Å². The summed E-state index contributed by atoms with van der Waals surface area (Å²) in [5, 5.41) is 18.8. The highest BCUT2D eigenvalue weighted by Gasteiger charge is 2.09.